The Morgan fingerprint density at radius 3 is 2.58 bits per heavy atom. The fourth-order valence-electron chi connectivity index (χ4n) is 3.36. The van der Waals surface area contributed by atoms with Gasteiger partial charge >= 0.3 is 0 Å². The minimum absolute atomic E-state index is 0.00795. The summed E-state index contributed by atoms with van der Waals surface area (Å²) < 4.78 is 8.07. The number of carbonyl (C=O) groups excluding carboxylic acids is 1. The number of amides is 1. The second-order valence-corrected chi connectivity index (χ2v) is 6.92. The smallest absolute Gasteiger partial charge is 0.274 e. The molecule has 5 nitrogen and oxygen atoms in total. The Morgan fingerprint density at radius 2 is 1.96 bits per heavy atom. The molecule has 1 aliphatic heterocycles. The van der Waals surface area contributed by atoms with Gasteiger partial charge in [0.1, 0.15) is 6.10 Å². The van der Waals surface area contributed by atoms with Gasteiger partial charge in [-0.3, -0.25) is 9.48 Å². The van der Waals surface area contributed by atoms with E-state index in [0.717, 1.165) is 11.3 Å². The third kappa shape index (κ3) is 2.96. The average molecular weight is 325 g/mol. The van der Waals surface area contributed by atoms with E-state index in [1.54, 1.807) is 4.68 Å². The predicted octanol–water partition coefficient (Wildman–Crippen LogP) is 2.72. The number of aryl methyl sites for hydroxylation is 2. The monoisotopic (exact) mass is 325 g/mol. The van der Waals surface area contributed by atoms with Crippen LogP contribution < -0.4 is 0 Å². The topological polar surface area (TPSA) is 47.4 Å². The molecule has 0 radical (unpaired) electrons. The number of ether oxygens (including phenoxy) is 1. The average Bonchev–Trinajstić information content (AvgIpc) is 3.41. The van der Waals surface area contributed by atoms with E-state index in [0.29, 0.717) is 24.7 Å². The molecule has 2 aliphatic rings. The van der Waals surface area contributed by atoms with E-state index in [4.69, 9.17) is 4.74 Å². The van der Waals surface area contributed by atoms with Crippen molar-refractivity contribution in [3.63, 3.8) is 0 Å². The maximum Gasteiger partial charge on any atom is 0.274 e. The van der Waals surface area contributed by atoms with Gasteiger partial charge in [-0.2, -0.15) is 5.10 Å². The van der Waals surface area contributed by atoms with Crippen molar-refractivity contribution < 1.29 is 9.53 Å². The van der Waals surface area contributed by atoms with E-state index in [-0.39, 0.29) is 18.1 Å². The van der Waals surface area contributed by atoms with Gasteiger partial charge in [0, 0.05) is 19.3 Å². The molecular weight excluding hydrogens is 302 g/mol. The molecule has 1 saturated carbocycles. The highest BCUT2D eigenvalue weighted by molar-refractivity contribution is 5.92. The normalized spacial score (nSPS) is 24.2. The zero-order chi connectivity index (χ0) is 16.7. The van der Waals surface area contributed by atoms with Crippen LogP contribution in [0.3, 0.4) is 0 Å². The molecule has 5 heteroatoms. The van der Waals surface area contributed by atoms with Crippen LogP contribution in [0.5, 0.6) is 0 Å². The minimum atomic E-state index is -0.0562. The van der Waals surface area contributed by atoms with Gasteiger partial charge in [0.05, 0.1) is 12.6 Å². The van der Waals surface area contributed by atoms with Crippen LogP contribution >= 0.6 is 0 Å². The van der Waals surface area contributed by atoms with E-state index in [1.165, 1.54) is 12.8 Å². The van der Waals surface area contributed by atoms with Crippen molar-refractivity contribution in [2.24, 2.45) is 13.0 Å². The minimum Gasteiger partial charge on any atom is -0.366 e. The first kappa shape index (κ1) is 15.4. The Balaban J connectivity index is 1.58. The molecule has 2 fully saturated rings. The molecule has 24 heavy (non-hydrogen) atoms. The number of hydrogen-bond acceptors (Lipinski definition) is 3. The van der Waals surface area contributed by atoms with Crippen LogP contribution in [0, 0.1) is 12.8 Å². The number of nitrogens with zero attached hydrogens (tertiary/aromatic N) is 3. The van der Waals surface area contributed by atoms with E-state index in [9.17, 15) is 4.79 Å². The van der Waals surface area contributed by atoms with Gasteiger partial charge in [-0.25, -0.2) is 0 Å². The number of benzene rings is 1. The molecule has 1 aliphatic carbocycles. The fourth-order valence-corrected chi connectivity index (χ4v) is 3.36. The van der Waals surface area contributed by atoms with Crippen LogP contribution in [0.15, 0.2) is 36.4 Å². The van der Waals surface area contributed by atoms with Gasteiger partial charge in [-0.15, -0.1) is 0 Å². The lowest BCUT2D eigenvalue weighted by Crippen LogP contribution is -2.47. The van der Waals surface area contributed by atoms with E-state index >= 15 is 0 Å². The summed E-state index contributed by atoms with van der Waals surface area (Å²) in [4.78, 5) is 14.8. The fraction of sp³-hybridized carbons (Fsp3) is 0.474. The summed E-state index contributed by atoms with van der Waals surface area (Å²) in [6.07, 6.45) is 2.49. The Kier molecular flexibility index (Phi) is 3.88. The van der Waals surface area contributed by atoms with E-state index < -0.39 is 0 Å². The first-order chi connectivity index (χ1) is 11.6. The lowest BCUT2D eigenvalue weighted by molar-refractivity contribution is -0.0865. The van der Waals surface area contributed by atoms with Crippen LogP contribution in [-0.4, -0.2) is 39.8 Å². The molecule has 1 aromatic heterocycles. The molecule has 1 saturated heterocycles. The standard InChI is InChI=1S/C19H23N3O2/c1-13-10-16(20-21(13)2)19(23)22-11-17(14-6-4-3-5-7-14)24-18(12-22)15-8-9-15/h3-7,10,15,17-18H,8-9,11-12H2,1-2H3/t17-,18+/m0/s1. The summed E-state index contributed by atoms with van der Waals surface area (Å²) in [5.74, 6) is 0.603. The summed E-state index contributed by atoms with van der Waals surface area (Å²) in [6, 6.07) is 12.1. The molecule has 1 amide bonds. The molecule has 0 N–H and O–H groups in total. The third-order valence-electron chi connectivity index (χ3n) is 5.06. The second kappa shape index (κ2) is 6.06. The number of morpholine rings is 1. The van der Waals surface area contributed by atoms with Gasteiger partial charge in [-0.1, -0.05) is 30.3 Å². The maximum absolute atomic E-state index is 12.9. The molecule has 2 heterocycles. The molecule has 1 aromatic carbocycles. The predicted molar refractivity (Wildman–Crippen MR) is 90.6 cm³/mol. The molecule has 0 bridgehead atoms. The Labute approximate surface area is 142 Å². The highest BCUT2D eigenvalue weighted by Gasteiger charge is 2.40. The summed E-state index contributed by atoms with van der Waals surface area (Å²) >= 11 is 0. The van der Waals surface area contributed by atoms with Gasteiger partial charge in [-0.05, 0) is 37.3 Å². The van der Waals surface area contributed by atoms with Crippen molar-refractivity contribution in [1.82, 2.24) is 14.7 Å². The van der Waals surface area contributed by atoms with Crippen LogP contribution in [0.2, 0.25) is 0 Å². The highest BCUT2D eigenvalue weighted by atomic mass is 16.5. The van der Waals surface area contributed by atoms with Crippen molar-refractivity contribution in [3.8, 4) is 0 Å². The zero-order valence-corrected chi connectivity index (χ0v) is 14.2. The number of carbonyl (C=O) groups is 1. The molecule has 0 spiro atoms. The second-order valence-electron chi connectivity index (χ2n) is 6.92. The van der Waals surface area contributed by atoms with Crippen LogP contribution in [0.4, 0.5) is 0 Å². The SMILES string of the molecule is Cc1cc(C(=O)N2C[C@@H](c3ccccc3)O[C@@H](C3CC3)C2)nn1C. The Bertz CT molecular complexity index is 717. The van der Waals surface area contributed by atoms with Crippen LogP contribution in [0.25, 0.3) is 0 Å². The highest BCUT2D eigenvalue weighted by Crippen LogP contribution is 2.39. The third-order valence-corrected chi connectivity index (χ3v) is 5.06. The van der Waals surface area contributed by atoms with Crippen molar-refractivity contribution in [3.05, 3.63) is 53.3 Å². The molecule has 2 atom stereocenters. The van der Waals surface area contributed by atoms with E-state index in [2.05, 4.69) is 17.2 Å². The quantitative estimate of drug-likeness (QED) is 0.872. The van der Waals surface area contributed by atoms with Gasteiger partial charge in [0.25, 0.3) is 5.91 Å². The van der Waals surface area contributed by atoms with Gasteiger partial charge in [0.2, 0.25) is 0 Å². The molecule has 4 rings (SSSR count). The number of hydrogen-bond donors (Lipinski definition) is 0. The molecule has 2 aromatic rings. The Hall–Kier alpha value is -2.14. The summed E-state index contributed by atoms with van der Waals surface area (Å²) in [5.41, 5.74) is 2.65. The number of rotatable bonds is 3. The Morgan fingerprint density at radius 1 is 1.21 bits per heavy atom. The van der Waals surface area contributed by atoms with Crippen molar-refractivity contribution in [2.75, 3.05) is 13.1 Å². The largest absolute Gasteiger partial charge is 0.366 e. The molecule has 126 valence electrons. The lowest BCUT2D eigenvalue weighted by atomic mass is 10.0. The number of aromatic nitrogens is 2. The summed E-state index contributed by atoms with van der Waals surface area (Å²) in [5, 5.41) is 4.35. The van der Waals surface area contributed by atoms with Crippen molar-refractivity contribution >= 4 is 5.91 Å². The van der Waals surface area contributed by atoms with Crippen LogP contribution in [0.1, 0.15) is 40.7 Å². The maximum atomic E-state index is 12.9. The first-order valence-electron chi connectivity index (χ1n) is 8.62. The summed E-state index contributed by atoms with van der Waals surface area (Å²) in [6.45, 7) is 3.22. The van der Waals surface area contributed by atoms with E-state index in [1.807, 2.05) is 43.1 Å². The van der Waals surface area contributed by atoms with Gasteiger partial charge < -0.3 is 9.64 Å². The molecule has 0 unspecified atom stereocenters. The van der Waals surface area contributed by atoms with Crippen LogP contribution in [-0.2, 0) is 11.8 Å². The lowest BCUT2D eigenvalue weighted by Gasteiger charge is -2.38. The first-order valence-corrected chi connectivity index (χ1v) is 8.62. The van der Waals surface area contributed by atoms with Gasteiger partial charge in [0.15, 0.2) is 5.69 Å². The van der Waals surface area contributed by atoms with Crippen molar-refractivity contribution in [1.29, 1.82) is 0 Å². The molecular formula is C19H23N3O2. The summed E-state index contributed by atoms with van der Waals surface area (Å²) in [7, 11) is 1.87. The van der Waals surface area contributed by atoms with Crippen molar-refractivity contribution in [2.45, 2.75) is 32.0 Å². The zero-order valence-electron chi connectivity index (χ0n) is 14.2.